The third kappa shape index (κ3) is 1.71. The van der Waals surface area contributed by atoms with Crippen LogP contribution in [0.2, 0.25) is 0 Å². The van der Waals surface area contributed by atoms with Gasteiger partial charge in [0.1, 0.15) is 5.56 Å². The van der Waals surface area contributed by atoms with Crippen LogP contribution in [0.25, 0.3) is 0 Å². The molecule has 0 spiro atoms. The average molecular weight is 224 g/mol. The monoisotopic (exact) mass is 224 g/mol. The van der Waals surface area contributed by atoms with E-state index in [1.54, 1.807) is 11.7 Å². The van der Waals surface area contributed by atoms with Crippen LogP contribution in [0.3, 0.4) is 0 Å². The molecule has 1 aromatic rings. The van der Waals surface area contributed by atoms with Gasteiger partial charge in [0.15, 0.2) is 0 Å². The van der Waals surface area contributed by atoms with Gasteiger partial charge in [-0.25, -0.2) is 4.79 Å². The van der Waals surface area contributed by atoms with E-state index in [1.165, 1.54) is 6.20 Å². The van der Waals surface area contributed by atoms with Crippen LogP contribution in [0.1, 0.15) is 35.8 Å². The van der Waals surface area contributed by atoms with Crippen LogP contribution >= 0.6 is 0 Å². The molecule has 0 atom stereocenters. The Hall–Kier alpha value is -1.36. The highest BCUT2D eigenvalue weighted by atomic mass is 16.5. The molecule has 1 N–H and O–H groups in total. The molecule has 5 nitrogen and oxygen atoms in total. The van der Waals surface area contributed by atoms with E-state index in [9.17, 15) is 4.79 Å². The standard InChI is InChI=1S/C11H16N2O3/c1-11(3-5-16-6-4-11)9-8(10(14)15)7-12-13(9)2/h7H,3-6H2,1-2H3,(H,14,15). The lowest BCUT2D eigenvalue weighted by Crippen LogP contribution is -2.34. The van der Waals surface area contributed by atoms with E-state index in [-0.39, 0.29) is 5.41 Å². The lowest BCUT2D eigenvalue weighted by molar-refractivity contribution is 0.0519. The molecular weight excluding hydrogens is 208 g/mol. The predicted molar refractivity (Wildman–Crippen MR) is 57.6 cm³/mol. The fraction of sp³-hybridized carbons (Fsp3) is 0.636. The maximum absolute atomic E-state index is 11.1. The number of ether oxygens (including phenoxy) is 1. The van der Waals surface area contributed by atoms with E-state index >= 15 is 0 Å². The molecule has 2 heterocycles. The van der Waals surface area contributed by atoms with E-state index in [1.807, 2.05) is 0 Å². The van der Waals surface area contributed by atoms with Crippen LogP contribution in [0.5, 0.6) is 0 Å². The number of rotatable bonds is 2. The summed E-state index contributed by atoms with van der Waals surface area (Å²) < 4.78 is 7.00. The van der Waals surface area contributed by atoms with Crippen LogP contribution in [-0.4, -0.2) is 34.1 Å². The van der Waals surface area contributed by atoms with E-state index in [0.29, 0.717) is 18.8 Å². The zero-order valence-electron chi connectivity index (χ0n) is 9.56. The third-order valence-electron chi connectivity index (χ3n) is 3.34. The first-order chi connectivity index (χ1) is 7.54. The molecule has 0 bridgehead atoms. The molecule has 1 fully saturated rings. The molecule has 0 amide bonds. The highest BCUT2D eigenvalue weighted by molar-refractivity contribution is 5.89. The number of hydrogen-bond donors (Lipinski definition) is 1. The lowest BCUT2D eigenvalue weighted by atomic mass is 9.77. The van der Waals surface area contributed by atoms with Gasteiger partial charge < -0.3 is 9.84 Å². The summed E-state index contributed by atoms with van der Waals surface area (Å²) in [5.74, 6) is -0.907. The van der Waals surface area contributed by atoms with Gasteiger partial charge in [-0.2, -0.15) is 5.10 Å². The molecule has 0 unspecified atom stereocenters. The van der Waals surface area contributed by atoms with Gasteiger partial charge in [0.05, 0.1) is 11.9 Å². The van der Waals surface area contributed by atoms with Crippen LogP contribution in [0.15, 0.2) is 6.20 Å². The van der Waals surface area contributed by atoms with Crippen LogP contribution < -0.4 is 0 Å². The third-order valence-corrected chi connectivity index (χ3v) is 3.34. The Labute approximate surface area is 94.0 Å². The van der Waals surface area contributed by atoms with Crippen molar-refractivity contribution in [2.24, 2.45) is 7.05 Å². The number of hydrogen-bond acceptors (Lipinski definition) is 3. The Kier molecular flexibility index (Phi) is 2.71. The largest absolute Gasteiger partial charge is 0.478 e. The molecule has 88 valence electrons. The van der Waals surface area contributed by atoms with Crippen molar-refractivity contribution in [1.82, 2.24) is 9.78 Å². The van der Waals surface area contributed by atoms with Crippen molar-refractivity contribution in [3.05, 3.63) is 17.5 Å². The SMILES string of the molecule is Cn1ncc(C(=O)O)c1C1(C)CCOCC1. The molecule has 0 aromatic carbocycles. The summed E-state index contributed by atoms with van der Waals surface area (Å²) in [5.41, 5.74) is 0.979. The van der Waals surface area contributed by atoms with Gasteiger partial charge in [0, 0.05) is 25.7 Å². The topological polar surface area (TPSA) is 64.4 Å². The van der Waals surface area contributed by atoms with Crippen molar-refractivity contribution in [2.45, 2.75) is 25.2 Å². The van der Waals surface area contributed by atoms with Gasteiger partial charge in [-0.1, -0.05) is 6.92 Å². The first-order valence-electron chi connectivity index (χ1n) is 5.38. The molecule has 1 aromatic heterocycles. The summed E-state index contributed by atoms with van der Waals surface area (Å²) in [6.45, 7) is 3.44. The summed E-state index contributed by atoms with van der Waals surface area (Å²) in [6, 6.07) is 0. The van der Waals surface area contributed by atoms with Crippen LogP contribution in [-0.2, 0) is 17.2 Å². The number of carbonyl (C=O) groups is 1. The maximum atomic E-state index is 11.1. The highest BCUT2D eigenvalue weighted by Gasteiger charge is 2.35. The second-order valence-corrected chi connectivity index (χ2v) is 4.51. The summed E-state index contributed by atoms with van der Waals surface area (Å²) in [7, 11) is 1.79. The summed E-state index contributed by atoms with van der Waals surface area (Å²) >= 11 is 0. The van der Waals surface area contributed by atoms with Gasteiger partial charge in [-0.15, -0.1) is 0 Å². The number of aromatic carboxylic acids is 1. The Bertz CT molecular complexity index is 405. The predicted octanol–water partition coefficient (Wildman–Crippen LogP) is 1.19. The van der Waals surface area contributed by atoms with Crippen molar-refractivity contribution in [3.63, 3.8) is 0 Å². The molecule has 1 aliphatic rings. The van der Waals surface area contributed by atoms with Crippen LogP contribution in [0.4, 0.5) is 0 Å². The average Bonchev–Trinajstić information content (AvgIpc) is 2.62. The number of aromatic nitrogens is 2. The fourth-order valence-electron chi connectivity index (χ4n) is 2.37. The Balaban J connectivity index is 2.45. The minimum atomic E-state index is -0.907. The Morgan fingerprint density at radius 3 is 2.75 bits per heavy atom. The minimum Gasteiger partial charge on any atom is -0.478 e. The van der Waals surface area contributed by atoms with Gasteiger partial charge in [0.2, 0.25) is 0 Å². The van der Waals surface area contributed by atoms with E-state index in [4.69, 9.17) is 9.84 Å². The normalized spacial score (nSPS) is 19.6. The summed E-state index contributed by atoms with van der Waals surface area (Å²) in [5, 5.41) is 13.2. The molecule has 0 aliphatic carbocycles. The van der Waals surface area contributed by atoms with Gasteiger partial charge in [-0.05, 0) is 12.8 Å². The van der Waals surface area contributed by atoms with Crippen molar-refractivity contribution in [1.29, 1.82) is 0 Å². The lowest BCUT2D eigenvalue weighted by Gasteiger charge is -2.34. The molecule has 5 heteroatoms. The zero-order chi connectivity index (χ0) is 11.8. The minimum absolute atomic E-state index is 0.142. The smallest absolute Gasteiger partial charge is 0.339 e. The molecule has 0 saturated carbocycles. The Morgan fingerprint density at radius 2 is 2.19 bits per heavy atom. The van der Waals surface area contributed by atoms with Gasteiger partial charge >= 0.3 is 5.97 Å². The Morgan fingerprint density at radius 1 is 1.56 bits per heavy atom. The second-order valence-electron chi connectivity index (χ2n) is 4.51. The second kappa shape index (κ2) is 3.90. The number of carboxylic acid groups (broad SMARTS) is 1. The van der Waals surface area contributed by atoms with Crippen molar-refractivity contribution in [3.8, 4) is 0 Å². The van der Waals surface area contributed by atoms with E-state index < -0.39 is 5.97 Å². The first-order valence-corrected chi connectivity index (χ1v) is 5.38. The zero-order valence-corrected chi connectivity index (χ0v) is 9.56. The number of carboxylic acids is 1. The van der Waals surface area contributed by atoms with Crippen molar-refractivity contribution >= 4 is 5.97 Å². The van der Waals surface area contributed by atoms with Crippen LogP contribution in [0, 0.1) is 0 Å². The quantitative estimate of drug-likeness (QED) is 0.819. The number of nitrogens with zero attached hydrogens (tertiary/aromatic N) is 2. The molecule has 0 radical (unpaired) electrons. The van der Waals surface area contributed by atoms with E-state index in [0.717, 1.165) is 18.5 Å². The fourth-order valence-corrected chi connectivity index (χ4v) is 2.37. The van der Waals surface area contributed by atoms with Crippen molar-refractivity contribution < 1.29 is 14.6 Å². The molecule has 16 heavy (non-hydrogen) atoms. The molecule has 1 aliphatic heterocycles. The first kappa shape index (κ1) is 11.1. The molecular formula is C11H16N2O3. The van der Waals surface area contributed by atoms with E-state index in [2.05, 4.69) is 12.0 Å². The van der Waals surface area contributed by atoms with Gasteiger partial charge in [-0.3, -0.25) is 4.68 Å². The maximum Gasteiger partial charge on any atom is 0.339 e. The molecule has 2 rings (SSSR count). The molecule has 1 saturated heterocycles. The summed E-state index contributed by atoms with van der Waals surface area (Å²) in [6.07, 6.45) is 3.11. The number of aryl methyl sites for hydroxylation is 1. The van der Waals surface area contributed by atoms with Gasteiger partial charge in [0.25, 0.3) is 0 Å². The summed E-state index contributed by atoms with van der Waals surface area (Å²) in [4.78, 5) is 11.1. The van der Waals surface area contributed by atoms with Crippen molar-refractivity contribution in [2.75, 3.05) is 13.2 Å². The highest BCUT2D eigenvalue weighted by Crippen LogP contribution is 2.35.